The Labute approximate surface area is 113 Å². The van der Waals surface area contributed by atoms with Crippen LogP contribution in [0.3, 0.4) is 0 Å². The molecule has 1 aromatic rings. The van der Waals surface area contributed by atoms with Crippen molar-refractivity contribution in [3.8, 4) is 0 Å². The van der Waals surface area contributed by atoms with Gasteiger partial charge in [0.2, 0.25) is 5.91 Å². The molecule has 1 saturated heterocycles. The highest BCUT2D eigenvalue weighted by Crippen LogP contribution is 2.31. The first-order valence-electron chi connectivity index (χ1n) is 6.79. The molecule has 1 fully saturated rings. The lowest BCUT2D eigenvalue weighted by Gasteiger charge is -2.22. The molecule has 0 radical (unpaired) electrons. The largest absolute Gasteiger partial charge is 0.321 e. The van der Waals surface area contributed by atoms with E-state index in [0.717, 1.165) is 19.4 Å². The first-order chi connectivity index (χ1) is 8.69. The molecule has 2 rings (SSSR count). The number of rotatable bonds is 5. The van der Waals surface area contributed by atoms with Crippen LogP contribution in [0.15, 0.2) is 17.5 Å². The summed E-state index contributed by atoms with van der Waals surface area (Å²) >= 11 is 1.72. The van der Waals surface area contributed by atoms with Gasteiger partial charge in [-0.15, -0.1) is 11.3 Å². The Kier molecular flexibility index (Phi) is 4.40. The van der Waals surface area contributed by atoms with Gasteiger partial charge in [0, 0.05) is 11.4 Å². The van der Waals surface area contributed by atoms with Crippen molar-refractivity contribution in [1.29, 1.82) is 0 Å². The van der Waals surface area contributed by atoms with Crippen LogP contribution in [0.5, 0.6) is 0 Å². The molecular weight excluding hydrogens is 244 g/mol. The van der Waals surface area contributed by atoms with E-state index in [1.54, 1.807) is 11.3 Å². The van der Waals surface area contributed by atoms with E-state index in [1.165, 1.54) is 4.88 Å². The van der Waals surface area contributed by atoms with Gasteiger partial charge in [0.25, 0.3) is 0 Å². The third-order valence-corrected chi connectivity index (χ3v) is 4.61. The van der Waals surface area contributed by atoms with Crippen molar-refractivity contribution in [2.45, 2.75) is 45.8 Å². The summed E-state index contributed by atoms with van der Waals surface area (Å²) in [5.74, 6) is 0.659. The summed E-state index contributed by atoms with van der Waals surface area (Å²) in [6.07, 6.45) is 2.11. The molecule has 3 nitrogen and oxygen atoms in total. The molecule has 0 saturated carbocycles. The zero-order chi connectivity index (χ0) is 13.1. The Bertz CT molecular complexity index is 391. The SMILES string of the molecule is CCCN1C(=O)C(C(C)CC)NC1c1cccs1. The molecule has 4 heteroatoms. The Morgan fingerprint density at radius 3 is 2.83 bits per heavy atom. The highest BCUT2D eigenvalue weighted by Gasteiger charge is 2.41. The third kappa shape index (κ3) is 2.45. The fourth-order valence-electron chi connectivity index (χ4n) is 2.44. The van der Waals surface area contributed by atoms with Crippen molar-refractivity contribution in [2.75, 3.05) is 6.54 Å². The van der Waals surface area contributed by atoms with E-state index in [-0.39, 0.29) is 18.1 Å². The lowest BCUT2D eigenvalue weighted by molar-refractivity contribution is -0.130. The molecule has 1 amide bonds. The van der Waals surface area contributed by atoms with Gasteiger partial charge >= 0.3 is 0 Å². The van der Waals surface area contributed by atoms with E-state index in [9.17, 15) is 4.79 Å². The predicted molar refractivity (Wildman–Crippen MR) is 75.4 cm³/mol. The number of nitrogens with one attached hydrogen (secondary N) is 1. The van der Waals surface area contributed by atoms with Crippen LogP contribution in [0, 0.1) is 5.92 Å². The smallest absolute Gasteiger partial charge is 0.241 e. The highest BCUT2D eigenvalue weighted by atomic mass is 32.1. The van der Waals surface area contributed by atoms with Crippen molar-refractivity contribution in [3.05, 3.63) is 22.4 Å². The van der Waals surface area contributed by atoms with Crippen molar-refractivity contribution < 1.29 is 4.79 Å². The summed E-state index contributed by atoms with van der Waals surface area (Å²) in [5.41, 5.74) is 0. The standard InChI is InChI=1S/C14H22N2OS/c1-4-8-16-13(11-7-6-9-18-11)15-12(14(16)17)10(3)5-2/h6-7,9-10,12-13,15H,4-5,8H2,1-3H3. The summed E-state index contributed by atoms with van der Waals surface area (Å²) in [7, 11) is 0. The van der Waals surface area contributed by atoms with Crippen LogP contribution in [0.25, 0.3) is 0 Å². The van der Waals surface area contributed by atoms with Gasteiger partial charge < -0.3 is 4.90 Å². The lowest BCUT2D eigenvalue weighted by Crippen LogP contribution is -2.35. The number of hydrogen-bond acceptors (Lipinski definition) is 3. The van der Waals surface area contributed by atoms with Crippen molar-refractivity contribution >= 4 is 17.2 Å². The van der Waals surface area contributed by atoms with E-state index in [0.29, 0.717) is 5.92 Å². The summed E-state index contributed by atoms with van der Waals surface area (Å²) < 4.78 is 0. The molecule has 0 spiro atoms. The topological polar surface area (TPSA) is 32.3 Å². The van der Waals surface area contributed by atoms with Crippen molar-refractivity contribution in [1.82, 2.24) is 10.2 Å². The van der Waals surface area contributed by atoms with Gasteiger partial charge in [-0.3, -0.25) is 10.1 Å². The second kappa shape index (κ2) is 5.85. The Morgan fingerprint density at radius 1 is 1.50 bits per heavy atom. The Balaban J connectivity index is 2.21. The van der Waals surface area contributed by atoms with Gasteiger partial charge in [0.15, 0.2) is 0 Å². The molecule has 2 heterocycles. The number of carbonyl (C=O) groups is 1. The zero-order valence-electron chi connectivity index (χ0n) is 11.3. The fraction of sp³-hybridized carbons (Fsp3) is 0.643. The van der Waals surface area contributed by atoms with Crippen molar-refractivity contribution in [3.63, 3.8) is 0 Å². The van der Waals surface area contributed by atoms with Gasteiger partial charge in [-0.2, -0.15) is 0 Å². The average molecular weight is 266 g/mol. The molecule has 3 unspecified atom stereocenters. The van der Waals surface area contributed by atoms with Crippen molar-refractivity contribution in [2.24, 2.45) is 5.92 Å². The van der Waals surface area contributed by atoms with E-state index >= 15 is 0 Å². The van der Waals surface area contributed by atoms with E-state index < -0.39 is 0 Å². The van der Waals surface area contributed by atoms with Crippen LogP contribution in [0.4, 0.5) is 0 Å². The predicted octanol–water partition coefficient (Wildman–Crippen LogP) is 3.00. The van der Waals surface area contributed by atoms with Crippen LogP contribution in [-0.4, -0.2) is 23.4 Å². The normalized spacial score (nSPS) is 25.7. The van der Waals surface area contributed by atoms with Gasteiger partial charge in [-0.1, -0.05) is 33.3 Å². The molecule has 0 bridgehead atoms. The van der Waals surface area contributed by atoms with Gasteiger partial charge in [0.1, 0.15) is 6.17 Å². The lowest BCUT2D eigenvalue weighted by atomic mass is 9.99. The Morgan fingerprint density at radius 2 is 2.28 bits per heavy atom. The minimum absolute atomic E-state index is 0.0198. The van der Waals surface area contributed by atoms with E-state index in [2.05, 4.69) is 37.5 Å². The zero-order valence-corrected chi connectivity index (χ0v) is 12.2. The minimum atomic E-state index is -0.0198. The summed E-state index contributed by atoms with van der Waals surface area (Å²) in [6.45, 7) is 7.25. The molecular formula is C14H22N2OS. The van der Waals surface area contributed by atoms with Gasteiger partial charge in [-0.05, 0) is 23.8 Å². The monoisotopic (exact) mass is 266 g/mol. The number of nitrogens with zero attached hydrogens (tertiary/aromatic N) is 1. The number of carbonyl (C=O) groups excluding carboxylic acids is 1. The summed E-state index contributed by atoms with van der Waals surface area (Å²) in [5, 5.41) is 5.59. The molecule has 100 valence electrons. The molecule has 0 aliphatic carbocycles. The first kappa shape index (κ1) is 13.6. The molecule has 1 aliphatic rings. The second-order valence-corrected chi connectivity index (χ2v) is 5.96. The minimum Gasteiger partial charge on any atom is -0.321 e. The number of hydrogen-bond donors (Lipinski definition) is 1. The maximum atomic E-state index is 12.5. The highest BCUT2D eigenvalue weighted by molar-refractivity contribution is 7.10. The maximum absolute atomic E-state index is 12.5. The van der Waals surface area contributed by atoms with Crippen LogP contribution >= 0.6 is 11.3 Å². The summed E-state index contributed by atoms with van der Waals surface area (Å²) in [6, 6.07) is 4.14. The van der Waals surface area contributed by atoms with Crippen LogP contribution in [0.1, 0.15) is 44.7 Å². The van der Waals surface area contributed by atoms with E-state index in [4.69, 9.17) is 0 Å². The van der Waals surface area contributed by atoms with Crippen LogP contribution < -0.4 is 5.32 Å². The van der Waals surface area contributed by atoms with Crippen LogP contribution in [-0.2, 0) is 4.79 Å². The first-order valence-corrected chi connectivity index (χ1v) is 7.66. The van der Waals surface area contributed by atoms with Gasteiger partial charge in [0.05, 0.1) is 6.04 Å². The van der Waals surface area contributed by atoms with E-state index in [1.807, 2.05) is 11.0 Å². The fourth-order valence-corrected chi connectivity index (χ4v) is 3.24. The number of amides is 1. The third-order valence-electron chi connectivity index (χ3n) is 3.69. The number of thiophene rings is 1. The molecule has 1 N–H and O–H groups in total. The molecule has 1 aromatic heterocycles. The van der Waals surface area contributed by atoms with Gasteiger partial charge in [-0.25, -0.2) is 0 Å². The quantitative estimate of drug-likeness (QED) is 0.888. The van der Waals surface area contributed by atoms with Crippen LogP contribution in [0.2, 0.25) is 0 Å². The summed E-state index contributed by atoms with van der Waals surface area (Å²) in [4.78, 5) is 15.7. The average Bonchev–Trinajstić information content (AvgIpc) is 2.99. The Hall–Kier alpha value is -0.870. The maximum Gasteiger partial charge on any atom is 0.241 e. The molecule has 18 heavy (non-hydrogen) atoms. The molecule has 1 aliphatic heterocycles. The second-order valence-electron chi connectivity index (χ2n) is 4.98. The molecule has 0 aromatic carbocycles. The molecule has 3 atom stereocenters.